The molecule has 0 aliphatic rings. The van der Waals surface area contributed by atoms with Crippen molar-refractivity contribution in [3.8, 4) is 0 Å². The van der Waals surface area contributed by atoms with Crippen LogP contribution in [0, 0.1) is 6.92 Å². The van der Waals surface area contributed by atoms with Crippen LogP contribution in [-0.2, 0) is 18.9 Å². The quantitative estimate of drug-likeness (QED) is 0.884. The van der Waals surface area contributed by atoms with E-state index in [1.54, 1.807) is 6.33 Å². The van der Waals surface area contributed by atoms with Crippen molar-refractivity contribution in [2.24, 2.45) is 7.05 Å². The number of nitrogens with two attached hydrogens (primary N) is 1. The van der Waals surface area contributed by atoms with Gasteiger partial charge in [0.1, 0.15) is 29.6 Å². The maximum atomic E-state index is 5.99. The summed E-state index contributed by atoms with van der Waals surface area (Å²) in [5.41, 5.74) is 6.73. The number of hydrogen-bond acceptors (Lipinski definition) is 6. The van der Waals surface area contributed by atoms with Crippen LogP contribution >= 0.6 is 0 Å². The van der Waals surface area contributed by atoms with Gasteiger partial charge in [-0.05, 0) is 6.92 Å². The minimum absolute atomic E-state index is 0.137. The van der Waals surface area contributed by atoms with E-state index in [1.165, 1.54) is 0 Å². The zero-order chi connectivity index (χ0) is 15.6. The lowest BCUT2D eigenvalue weighted by Crippen LogP contribution is -2.20. The summed E-state index contributed by atoms with van der Waals surface area (Å²) in [6, 6.07) is 0. The number of aromatic nitrogens is 5. The molecular weight excluding hydrogens is 266 g/mol. The van der Waals surface area contributed by atoms with E-state index in [2.05, 4.69) is 46.3 Å². The highest BCUT2D eigenvalue weighted by Crippen LogP contribution is 2.24. The van der Waals surface area contributed by atoms with E-state index in [0.717, 1.165) is 29.5 Å². The molecule has 0 spiro atoms. The zero-order valence-electron chi connectivity index (χ0n) is 13.3. The zero-order valence-corrected chi connectivity index (χ0v) is 13.3. The van der Waals surface area contributed by atoms with Crippen molar-refractivity contribution < 1.29 is 0 Å². The van der Waals surface area contributed by atoms with Gasteiger partial charge in [-0.1, -0.05) is 20.8 Å². The van der Waals surface area contributed by atoms with Gasteiger partial charge in [0.25, 0.3) is 0 Å². The number of rotatable bonds is 4. The highest BCUT2D eigenvalue weighted by atomic mass is 15.2. The van der Waals surface area contributed by atoms with E-state index >= 15 is 0 Å². The first kappa shape index (κ1) is 15.2. The largest absolute Gasteiger partial charge is 0.383 e. The van der Waals surface area contributed by atoms with E-state index in [9.17, 15) is 0 Å². The number of nitrogen functional groups attached to an aromatic ring is 1. The lowest BCUT2D eigenvalue weighted by atomic mass is 9.95. The van der Waals surface area contributed by atoms with Gasteiger partial charge < -0.3 is 15.6 Å². The minimum atomic E-state index is -0.137. The topological polar surface area (TPSA) is 94.5 Å². The molecule has 0 aromatic carbocycles. The Morgan fingerprint density at radius 2 is 2.00 bits per heavy atom. The van der Waals surface area contributed by atoms with Crippen LogP contribution in [0.1, 0.15) is 38.0 Å². The molecule has 2 heterocycles. The molecule has 114 valence electrons. The summed E-state index contributed by atoms with van der Waals surface area (Å²) < 4.78 is 1.91. The van der Waals surface area contributed by atoms with Crippen molar-refractivity contribution in [3.05, 3.63) is 23.5 Å². The lowest BCUT2D eigenvalue weighted by Gasteiger charge is -2.19. The fourth-order valence-electron chi connectivity index (χ4n) is 1.87. The third-order valence-corrected chi connectivity index (χ3v) is 3.30. The fraction of sp³-hybridized carbons (Fsp3) is 0.571. The van der Waals surface area contributed by atoms with Gasteiger partial charge >= 0.3 is 0 Å². The van der Waals surface area contributed by atoms with Crippen LogP contribution in [0.5, 0.6) is 0 Å². The predicted octanol–water partition coefficient (Wildman–Crippen LogP) is 1.45. The number of anilines is 2. The molecule has 3 N–H and O–H groups in total. The van der Waals surface area contributed by atoms with Crippen LogP contribution < -0.4 is 11.1 Å². The molecule has 0 fully saturated rings. The molecule has 0 bridgehead atoms. The van der Waals surface area contributed by atoms with E-state index in [1.807, 2.05) is 18.5 Å². The second-order valence-corrected chi connectivity index (χ2v) is 6.19. The average molecular weight is 289 g/mol. The van der Waals surface area contributed by atoms with Crippen molar-refractivity contribution >= 4 is 11.6 Å². The van der Waals surface area contributed by atoms with Gasteiger partial charge in [-0.3, -0.25) is 0 Å². The minimum Gasteiger partial charge on any atom is -0.383 e. The second kappa shape index (κ2) is 5.67. The van der Waals surface area contributed by atoms with Crippen LogP contribution in [-0.4, -0.2) is 31.3 Å². The van der Waals surface area contributed by atoms with E-state index < -0.39 is 0 Å². The number of nitrogens with one attached hydrogen (secondary N) is 1. The highest BCUT2D eigenvalue weighted by Gasteiger charge is 2.20. The molecule has 2 rings (SSSR count). The Kier molecular flexibility index (Phi) is 4.11. The summed E-state index contributed by atoms with van der Waals surface area (Å²) in [7, 11) is 1.93. The van der Waals surface area contributed by atoms with Gasteiger partial charge in [-0.2, -0.15) is 0 Å². The van der Waals surface area contributed by atoms with Gasteiger partial charge in [0.05, 0.1) is 0 Å². The van der Waals surface area contributed by atoms with Crippen LogP contribution in [0.15, 0.2) is 6.33 Å². The van der Waals surface area contributed by atoms with Gasteiger partial charge in [-0.25, -0.2) is 9.97 Å². The summed E-state index contributed by atoms with van der Waals surface area (Å²) in [5.74, 6) is 2.98. The van der Waals surface area contributed by atoms with Crippen molar-refractivity contribution in [2.45, 2.75) is 39.5 Å². The molecule has 0 saturated carbocycles. The summed E-state index contributed by atoms with van der Waals surface area (Å²) in [5, 5.41) is 11.2. The number of aryl methyl sites for hydroxylation is 1. The Labute approximate surface area is 125 Å². The smallest absolute Gasteiger partial charge is 0.138 e. The molecular formula is C14H23N7. The van der Waals surface area contributed by atoms with Crippen molar-refractivity contribution in [3.63, 3.8) is 0 Å². The first-order chi connectivity index (χ1) is 9.79. The van der Waals surface area contributed by atoms with Gasteiger partial charge in [0.2, 0.25) is 0 Å². The maximum absolute atomic E-state index is 5.99. The molecule has 7 nitrogen and oxygen atoms in total. The molecule has 7 heteroatoms. The molecule has 21 heavy (non-hydrogen) atoms. The maximum Gasteiger partial charge on any atom is 0.138 e. The van der Waals surface area contributed by atoms with Gasteiger partial charge in [0.15, 0.2) is 0 Å². The fourth-order valence-corrected chi connectivity index (χ4v) is 1.87. The van der Waals surface area contributed by atoms with Crippen LogP contribution in [0.25, 0.3) is 0 Å². The summed E-state index contributed by atoms with van der Waals surface area (Å²) >= 11 is 0. The predicted molar refractivity (Wildman–Crippen MR) is 83.1 cm³/mol. The van der Waals surface area contributed by atoms with Crippen LogP contribution in [0.2, 0.25) is 0 Å². The molecule has 2 aromatic heterocycles. The Hall–Kier alpha value is -2.18. The number of nitrogens with zero attached hydrogens (tertiary/aromatic N) is 5. The highest BCUT2D eigenvalue weighted by molar-refractivity contribution is 5.55. The monoisotopic (exact) mass is 289 g/mol. The molecule has 0 aliphatic carbocycles. The Bertz CT molecular complexity index is 625. The van der Waals surface area contributed by atoms with Crippen LogP contribution in [0.3, 0.4) is 0 Å². The van der Waals surface area contributed by atoms with Crippen molar-refractivity contribution in [1.29, 1.82) is 0 Å². The third kappa shape index (κ3) is 3.48. The SMILES string of the molecule is Cc1c(N)nc(C(C)(C)C)nc1NCCc1nncn1C. The molecule has 0 saturated heterocycles. The molecule has 0 unspecified atom stereocenters. The van der Waals surface area contributed by atoms with E-state index in [4.69, 9.17) is 5.73 Å². The molecule has 0 atom stereocenters. The van der Waals surface area contributed by atoms with E-state index in [0.29, 0.717) is 12.4 Å². The van der Waals surface area contributed by atoms with Gasteiger partial charge in [0, 0.05) is 31.0 Å². The number of hydrogen-bond donors (Lipinski definition) is 2. The molecule has 0 aliphatic heterocycles. The first-order valence-corrected chi connectivity index (χ1v) is 7.00. The van der Waals surface area contributed by atoms with E-state index in [-0.39, 0.29) is 5.41 Å². The normalized spacial score (nSPS) is 11.7. The molecule has 0 radical (unpaired) electrons. The van der Waals surface area contributed by atoms with Gasteiger partial charge in [-0.15, -0.1) is 10.2 Å². The summed E-state index contributed by atoms with van der Waals surface area (Å²) in [4.78, 5) is 8.98. The summed E-state index contributed by atoms with van der Waals surface area (Å²) in [6.45, 7) is 8.85. The average Bonchev–Trinajstić information content (AvgIpc) is 2.79. The Morgan fingerprint density at radius 1 is 1.29 bits per heavy atom. The van der Waals surface area contributed by atoms with Crippen molar-refractivity contribution in [1.82, 2.24) is 24.7 Å². The van der Waals surface area contributed by atoms with Crippen molar-refractivity contribution in [2.75, 3.05) is 17.6 Å². The molecule has 0 amide bonds. The van der Waals surface area contributed by atoms with Crippen LogP contribution in [0.4, 0.5) is 11.6 Å². The Balaban J connectivity index is 2.12. The lowest BCUT2D eigenvalue weighted by molar-refractivity contribution is 0.546. The molecule has 2 aromatic rings. The second-order valence-electron chi connectivity index (χ2n) is 6.19. The summed E-state index contributed by atoms with van der Waals surface area (Å²) in [6.07, 6.45) is 2.46. The Morgan fingerprint density at radius 3 is 2.57 bits per heavy atom. The first-order valence-electron chi connectivity index (χ1n) is 7.00. The third-order valence-electron chi connectivity index (χ3n) is 3.30. The standard InChI is InChI=1S/C14H23N7/c1-9-11(15)18-13(14(2,3)4)19-12(9)16-7-6-10-20-17-8-21(10)5/h8H,6-7H2,1-5H3,(H3,15,16,18,19).